The molecule has 152 valence electrons. The average molecular weight is 395 g/mol. The minimum atomic E-state index is -0.125. The third-order valence-electron chi connectivity index (χ3n) is 5.18. The van der Waals surface area contributed by atoms with E-state index in [1.807, 2.05) is 23.1 Å². The van der Waals surface area contributed by atoms with Crippen LogP contribution in [0.15, 0.2) is 42.5 Å². The standard InChI is InChI=1S/C22H25N3O4/c1-24-8-10-25(11-9-24)22(27)17-3-5-18(6-4-17)23-21(26)15-16-2-7-19-20(14-16)29-13-12-28-19/h2-7,14H,8-13,15H2,1H3,(H,23,26). The maximum Gasteiger partial charge on any atom is 0.253 e. The molecule has 2 heterocycles. The number of piperazine rings is 1. The maximum absolute atomic E-state index is 12.6. The third-order valence-corrected chi connectivity index (χ3v) is 5.18. The molecule has 1 fully saturated rings. The van der Waals surface area contributed by atoms with E-state index in [-0.39, 0.29) is 18.2 Å². The van der Waals surface area contributed by atoms with Crippen LogP contribution in [0.2, 0.25) is 0 Å². The molecule has 4 rings (SSSR count). The number of likely N-dealkylation sites (N-methyl/N-ethyl adjacent to an activating group) is 1. The number of nitrogens with one attached hydrogen (secondary N) is 1. The first-order valence-electron chi connectivity index (χ1n) is 9.85. The summed E-state index contributed by atoms with van der Waals surface area (Å²) in [6, 6.07) is 12.6. The molecular formula is C22H25N3O4. The number of rotatable bonds is 4. The van der Waals surface area contributed by atoms with Crippen LogP contribution in [0.1, 0.15) is 15.9 Å². The van der Waals surface area contributed by atoms with E-state index < -0.39 is 0 Å². The minimum Gasteiger partial charge on any atom is -0.486 e. The lowest BCUT2D eigenvalue weighted by molar-refractivity contribution is -0.115. The monoisotopic (exact) mass is 395 g/mol. The topological polar surface area (TPSA) is 71.1 Å². The van der Waals surface area contributed by atoms with E-state index in [0.29, 0.717) is 36.0 Å². The van der Waals surface area contributed by atoms with E-state index in [2.05, 4.69) is 17.3 Å². The molecule has 29 heavy (non-hydrogen) atoms. The molecule has 0 atom stereocenters. The minimum absolute atomic E-state index is 0.0345. The zero-order valence-corrected chi connectivity index (χ0v) is 16.5. The fourth-order valence-corrected chi connectivity index (χ4v) is 3.48. The van der Waals surface area contributed by atoms with Gasteiger partial charge in [-0.1, -0.05) is 6.07 Å². The van der Waals surface area contributed by atoms with Gasteiger partial charge in [-0.05, 0) is 49.0 Å². The summed E-state index contributed by atoms with van der Waals surface area (Å²) in [5.74, 6) is 1.29. The van der Waals surface area contributed by atoms with Gasteiger partial charge in [0.1, 0.15) is 13.2 Å². The van der Waals surface area contributed by atoms with Crippen molar-refractivity contribution in [3.05, 3.63) is 53.6 Å². The second kappa shape index (κ2) is 8.53. The van der Waals surface area contributed by atoms with Crippen LogP contribution >= 0.6 is 0 Å². The molecule has 2 aliphatic heterocycles. The Balaban J connectivity index is 1.33. The van der Waals surface area contributed by atoms with E-state index >= 15 is 0 Å². The van der Waals surface area contributed by atoms with Crippen molar-refractivity contribution >= 4 is 17.5 Å². The molecule has 2 aromatic rings. The quantitative estimate of drug-likeness (QED) is 0.858. The van der Waals surface area contributed by atoms with Crippen LogP contribution in [-0.4, -0.2) is 68.1 Å². The van der Waals surface area contributed by atoms with Crippen molar-refractivity contribution < 1.29 is 19.1 Å². The van der Waals surface area contributed by atoms with Crippen LogP contribution in [0.5, 0.6) is 11.5 Å². The number of fused-ring (bicyclic) bond motifs is 1. The summed E-state index contributed by atoms with van der Waals surface area (Å²) in [5, 5.41) is 2.88. The molecule has 0 spiro atoms. The van der Waals surface area contributed by atoms with E-state index in [1.165, 1.54) is 0 Å². The van der Waals surface area contributed by atoms with Gasteiger partial charge in [0.15, 0.2) is 11.5 Å². The molecular weight excluding hydrogens is 370 g/mol. The van der Waals surface area contributed by atoms with Crippen LogP contribution < -0.4 is 14.8 Å². The highest BCUT2D eigenvalue weighted by Gasteiger charge is 2.20. The van der Waals surface area contributed by atoms with Gasteiger partial charge in [-0.3, -0.25) is 9.59 Å². The molecule has 1 N–H and O–H groups in total. The number of carbonyl (C=O) groups excluding carboxylic acids is 2. The zero-order chi connectivity index (χ0) is 20.2. The highest BCUT2D eigenvalue weighted by Crippen LogP contribution is 2.30. The molecule has 2 aliphatic rings. The Morgan fingerprint density at radius 1 is 0.931 bits per heavy atom. The number of carbonyl (C=O) groups is 2. The number of nitrogens with zero attached hydrogens (tertiary/aromatic N) is 2. The van der Waals surface area contributed by atoms with E-state index in [4.69, 9.17) is 9.47 Å². The van der Waals surface area contributed by atoms with Gasteiger partial charge in [0.05, 0.1) is 6.42 Å². The first-order valence-corrected chi connectivity index (χ1v) is 9.85. The van der Waals surface area contributed by atoms with Crippen molar-refractivity contribution in [2.24, 2.45) is 0 Å². The van der Waals surface area contributed by atoms with Gasteiger partial charge in [0.2, 0.25) is 5.91 Å². The molecule has 0 bridgehead atoms. The molecule has 2 amide bonds. The summed E-state index contributed by atoms with van der Waals surface area (Å²) in [7, 11) is 2.06. The van der Waals surface area contributed by atoms with Crippen molar-refractivity contribution in [1.82, 2.24) is 9.80 Å². The van der Waals surface area contributed by atoms with E-state index in [0.717, 1.165) is 31.7 Å². The van der Waals surface area contributed by atoms with Crippen LogP contribution in [0.4, 0.5) is 5.69 Å². The van der Waals surface area contributed by atoms with Gasteiger partial charge < -0.3 is 24.6 Å². The predicted molar refractivity (Wildman–Crippen MR) is 110 cm³/mol. The molecule has 0 radical (unpaired) electrons. The summed E-state index contributed by atoms with van der Waals surface area (Å²) in [6.07, 6.45) is 0.235. The Labute approximate surface area is 170 Å². The van der Waals surface area contributed by atoms with E-state index in [1.54, 1.807) is 24.3 Å². The summed E-state index contributed by atoms with van der Waals surface area (Å²) >= 11 is 0. The van der Waals surface area contributed by atoms with Crippen LogP contribution in [-0.2, 0) is 11.2 Å². The molecule has 0 unspecified atom stereocenters. The molecule has 1 saturated heterocycles. The lowest BCUT2D eigenvalue weighted by Crippen LogP contribution is -2.47. The Kier molecular flexibility index (Phi) is 5.67. The van der Waals surface area contributed by atoms with Gasteiger partial charge in [-0.25, -0.2) is 0 Å². The lowest BCUT2D eigenvalue weighted by Gasteiger charge is -2.32. The summed E-state index contributed by atoms with van der Waals surface area (Å²) in [6.45, 7) is 4.31. The molecule has 7 nitrogen and oxygen atoms in total. The normalized spacial score (nSPS) is 16.4. The fraction of sp³-hybridized carbons (Fsp3) is 0.364. The van der Waals surface area contributed by atoms with Crippen molar-refractivity contribution in [2.45, 2.75) is 6.42 Å². The number of benzene rings is 2. The third kappa shape index (κ3) is 4.68. The number of anilines is 1. The average Bonchev–Trinajstić information content (AvgIpc) is 2.74. The Hall–Kier alpha value is -3.06. The van der Waals surface area contributed by atoms with Crippen molar-refractivity contribution in [1.29, 1.82) is 0 Å². The van der Waals surface area contributed by atoms with Crippen molar-refractivity contribution in [3.63, 3.8) is 0 Å². The fourth-order valence-electron chi connectivity index (χ4n) is 3.48. The number of amides is 2. The summed E-state index contributed by atoms with van der Waals surface area (Å²) in [4.78, 5) is 29.1. The second-order valence-electron chi connectivity index (χ2n) is 7.38. The number of hydrogen-bond acceptors (Lipinski definition) is 5. The lowest BCUT2D eigenvalue weighted by atomic mass is 10.1. The molecule has 2 aromatic carbocycles. The zero-order valence-electron chi connectivity index (χ0n) is 16.5. The molecule has 0 aliphatic carbocycles. The Morgan fingerprint density at radius 3 is 2.34 bits per heavy atom. The molecule has 7 heteroatoms. The molecule has 0 aromatic heterocycles. The van der Waals surface area contributed by atoms with Crippen LogP contribution in [0.3, 0.4) is 0 Å². The van der Waals surface area contributed by atoms with Crippen LogP contribution in [0, 0.1) is 0 Å². The Bertz CT molecular complexity index is 889. The van der Waals surface area contributed by atoms with Gasteiger partial charge in [-0.2, -0.15) is 0 Å². The van der Waals surface area contributed by atoms with Gasteiger partial charge in [-0.15, -0.1) is 0 Å². The first-order chi connectivity index (χ1) is 14.1. The number of ether oxygens (including phenoxy) is 2. The van der Waals surface area contributed by atoms with Gasteiger partial charge >= 0.3 is 0 Å². The van der Waals surface area contributed by atoms with Crippen molar-refractivity contribution in [2.75, 3.05) is 51.8 Å². The largest absolute Gasteiger partial charge is 0.486 e. The SMILES string of the molecule is CN1CCN(C(=O)c2ccc(NC(=O)Cc3ccc4c(c3)OCCO4)cc2)CC1. The Morgan fingerprint density at radius 2 is 1.62 bits per heavy atom. The predicted octanol–water partition coefficient (Wildman–Crippen LogP) is 2.03. The van der Waals surface area contributed by atoms with Crippen LogP contribution in [0.25, 0.3) is 0 Å². The summed E-state index contributed by atoms with van der Waals surface area (Å²) < 4.78 is 11.1. The van der Waals surface area contributed by atoms with E-state index in [9.17, 15) is 9.59 Å². The van der Waals surface area contributed by atoms with Gasteiger partial charge in [0, 0.05) is 37.4 Å². The number of hydrogen-bond donors (Lipinski definition) is 1. The van der Waals surface area contributed by atoms with Gasteiger partial charge in [0.25, 0.3) is 5.91 Å². The highest BCUT2D eigenvalue weighted by atomic mass is 16.6. The second-order valence-corrected chi connectivity index (χ2v) is 7.38. The van der Waals surface area contributed by atoms with Crippen molar-refractivity contribution in [3.8, 4) is 11.5 Å². The first kappa shape index (κ1) is 19.3. The maximum atomic E-state index is 12.6. The highest BCUT2D eigenvalue weighted by molar-refractivity contribution is 5.96. The summed E-state index contributed by atoms with van der Waals surface area (Å²) in [5.41, 5.74) is 2.16. The molecule has 0 saturated carbocycles. The smallest absolute Gasteiger partial charge is 0.253 e.